The van der Waals surface area contributed by atoms with Gasteiger partial charge in [0.25, 0.3) is 0 Å². The molecule has 90 valence electrons. The van der Waals surface area contributed by atoms with E-state index in [0.717, 1.165) is 18.6 Å². The first-order valence-corrected chi connectivity index (χ1v) is 5.40. The van der Waals surface area contributed by atoms with E-state index in [-0.39, 0.29) is 23.8 Å². The normalized spacial score (nSPS) is 19.4. The summed E-state index contributed by atoms with van der Waals surface area (Å²) in [6, 6.07) is 3.77. The van der Waals surface area contributed by atoms with Gasteiger partial charge in [0.2, 0.25) is 0 Å². The molecule has 2 rings (SSSR count). The number of hydrogen-bond donors (Lipinski definition) is 1. The molecule has 1 aliphatic heterocycles. The zero-order valence-electron chi connectivity index (χ0n) is 9.16. The molecule has 0 aliphatic carbocycles. The third kappa shape index (κ3) is 2.22. The highest BCUT2D eigenvalue weighted by Gasteiger charge is 2.26. The van der Waals surface area contributed by atoms with E-state index in [2.05, 4.69) is 0 Å². The lowest BCUT2D eigenvalue weighted by molar-refractivity contribution is 0.238. The summed E-state index contributed by atoms with van der Waals surface area (Å²) in [5.74, 6) is -1.38. The maximum absolute atomic E-state index is 13.7. The van der Waals surface area contributed by atoms with E-state index in [1.807, 2.05) is 0 Å². The summed E-state index contributed by atoms with van der Waals surface area (Å²) >= 11 is 0. The number of anilines is 1. The molecular formula is C12H12F2N2O. The Labute approximate surface area is 97.9 Å². The van der Waals surface area contributed by atoms with E-state index in [9.17, 15) is 8.78 Å². The maximum Gasteiger partial charge on any atom is 0.150 e. The monoisotopic (exact) mass is 238 g/mol. The molecule has 1 unspecified atom stereocenters. The fraction of sp³-hybridized carbons (Fsp3) is 0.417. The van der Waals surface area contributed by atoms with Crippen LogP contribution in [0.3, 0.4) is 0 Å². The summed E-state index contributed by atoms with van der Waals surface area (Å²) in [7, 11) is 0. The largest absolute Gasteiger partial charge is 0.396 e. The van der Waals surface area contributed by atoms with Crippen molar-refractivity contribution >= 4 is 5.69 Å². The number of aliphatic hydroxyl groups excluding tert-OH is 1. The second kappa shape index (κ2) is 4.68. The molecule has 3 nitrogen and oxygen atoms in total. The van der Waals surface area contributed by atoms with Crippen LogP contribution in [0.5, 0.6) is 0 Å². The summed E-state index contributed by atoms with van der Waals surface area (Å²) in [5.41, 5.74) is -0.124. The predicted octanol–water partition coefficient (Wildman–Crippen LogP) is 1.66. The zero-order chi connectivity index (χ0) is 12.4. The van der Waals surface area contributed by atoms with Crippen LogP contribution in [0.2, 0.25) is 0 Å². The smallest absolute Gasteiger partial charge is 0.150 e. The van der Waals surface area contributed by atoms with Crippen molar-refractivity contribution in [1.82, 2.24) is 0 Å². The first-order valence-electron chi connectivity index (χ1n) is 5.40. The van der Waals surface area contributed by atoms with Crippen LogP contribution in [0.25, 0.3) is 0 Å². The predicted molar refractivity (Wildman–Crippen MR) is 58.5 cm³/mol. The minimum absolute atomic E-state index is 0.0238. The van der Waals surface area contributed by atoms with Crippen molar-refractivity contribution in [3.63, 3.8) is 0 Å². The van der Waals surface area contributed by atoms with Crippen molar-refractivity contribution < 1.29 is 13.9 Å². The number of rotatable bonds is 2. The Bertz CT molecular complexity index is 447. The Morgan fingerprint density at radius 3 is 2.53 bits per heavy atom. The Morgan fingerprint density at radius 2 is 2.06 bits per heavy atom. The van der Waals surface area contributed by atoms with Gasteiger partial charge in [-0.2, -0.15) is 5.26 Å². The molecule has 1 aliphatic rings. The van der Waals surface area contributed by atoms with Crippen molar-refractivity contribution in [3.05, 3.63) is 29.3 Å². The van der Waals surface area contributed by atoms with Crippen molar-refractivity contribution in [2.75, 3.05) is 24.6 Å². The molecule has 1 heterocycles. The fourth-order valence-corrected chi connectivity index (χ4v) is 2.12. The third-order valence-electron chi connectivity index (χ3n) is 3.01. The summed E-state index contributed by atoms with van der Waals surface area (Å²) in [6.45, 7) is 0.983. The van der Waals surface area contributed by atoms with Crippen LogP contribution in [0.15, 0.2) is 12.1 Å². The van der Waals surface area contributed by atoms with E-state index in [4.69, 9.17) is 10.4 Å². The zero-order valence-corrected chi connectivity index (χ0v) is 9.16. The standard InChI is InChI=1S/C12H12F2N2O/c13-10-3-9(5-15)4-11(14)12(10)16-2-1-8(6-16)7-17/h3-4,8,17H,1-2,6-7H2. The number of aliphatic hydroxyl groups is 1. The lowest BCUT2D eigenvalue weighted by Gasteiger charge is -2.19. The number of nitriles is 1. The third-order valence-corrected chi connectivity index (χ3v) is 3.01. The van der Waals surface area contributed by atoms with Crippen molar-refractivity contribution in [3.8, 4) is 6.07 Å². The number of hydrogen-bond acceptors (Lipinski definition) is 3. The van der Waals surface area contributed by atoms with Crippen LogP contribution in [-0.2, 0) is 0 Å². The average Bonchev–Trinajstić information content (AvgIpc) is 2.76. The van der Waals surface area contributed by atoms with Gasteiger partial charge < -0.3 is 10.0 Å². The Balaban J connectivity index is 2.31. The molecule has 17 heavy (non-hydrogen) atoms. The van der Waals surface area contributed by atoms with Gasteiger partial charge >= 0.3 is 0 Å². The molecule has 0 aromatic heterocycles. The number of nitrogens with zero attached hydrogens (tertiary/aromatic N) is 2. The highest BCUT2D eigenvalue weighted by molar-refractivity contribution is 5.53. The van der Waals surface area contributed by atoms with Gasteiger partial charge in [-0.15, -0.1) is 0 Å². The molecule has 0 radical (unpaired) electrons. The summed E-state index contributed by atoms with van der Waals surface area (Å²) < 4.78 is 27.4. The highest BCUT2D eigenvalue weighted by Crippen LogP contribution is 2.29. The van der Waals surface area contributed by atoms with Gasteiger partial charge in [0.05, 0.1) is 11.6 Å². The van der Waals surface area contributed by atoms with E-state index in [0.29, 0.717) is 13.1 Å². The molecule has 0 amide bonds. The summed E-state index contributed by atoms with van der Waals surface area (Å²) in [5, 5.41) is 17.6. The van der Waals surface area contributed by atoms with Gasteiger partial charge in [-0.1, -0.05) is 0 Å². The molecular weight excluding hydrogens is 226 g/mol. The molecule has 1 aromatic rings. The van der Waals surface area contributed by atoms with E-state index in [1.165, 1.54) is 0 Å². The van der Waals surface area contributed by atoms with E-state index < -0.39 is 11.6 Å². The first-order chi connectivity index (χ1) is 8.15. The summed E-state index contributed by atoms with van der Waals surface area (Å²) in [6.07, 6.45) is 0.718. The molecule has 1 saturated heterocycles. The van der Waals surface area contributed by atoms with Gasteiger partial charge in [0, 0.05) is 25.6 Å². The SMILES string of the molecule is N#Cc1cc(F)c(N2CCC(CO)C2)c(F)c1. The second-order valence-electron chi connectivity index (χ2n) is 4.18. The molecule has 1 N–H and O–H groups in total. The molecule has 0 bridgehead atoms. The summed E-state index contributed by atoms with van der Waals surface area (Å²) in [4.78, 5) is 1.58. The number of benzene rings is 1. The lowest BCUT2D eigenvalue weighted by atomic mass is 10.1. The van der Waals surface area contributed by atoms with Gasteiger partial charge in [0.1, 0.15) is 5.69 Å². The van der Waals surface area contributed by atoms with Crippen LogP contribution >= 0.6 is 0 Å². The van der Waals surface area contributed by atoms with Gasteiger partial charge in [-0.05, 0) is 18.6 Å². The molecule has 0 spiro atoms. The van der Waals surface area contributed by atoms with Crippen LogP contribution in [0.1, 0.15) is 12.0 Å². The second-order valence-corrected chi connectivity index (χ2v) is 4.18. The fourth-order valence-electron chi connectivity index (χ4n) is 2.12. The maximum atomic E-state index is 13.7. The molecule has 1 aromatic carbocycles. The van der Waals surface area contributed by atoms with Crippen molar-refractivity contribution in [2.45, 2.75) is 6.42 Å². The minimum Gasteiger partial charge on any atom is -0.396 e. The topological polar surface area (TPSA) is 47.3 Å². The van der Waals surface area contributed by atoms with Crippen LogP contribution in [0, 0.1) is 28.9 Å². The van der Waals surface area contributed by atoms with Crippen LogP contribution in [0.4, 0.5) is 14.5 Å². The van der Waals surface area contributed by atoms with Crippen LogP contribution < -0.4 is 4.90 Å². The van der Waals surface area contributed by atoms with E-state index in [1.54, 1.807) is 11.0 Å². The Kier molecular flexibility index (Phi) is 3.25. The van der Waals surface area contributed by atoms with Crippen LogP contribution in [-0.4, -0.2) is 24.8 Å². The number of halogens is 2. The molecule has 5 heteroatoms. The highest BCUT2D eigenvalue weighted by atomic mass is 19.1. The average molecular weight is 238 g/mol. The lowest BCUT2D eigenvalue weighted by Crippen LogP contribution is -2.23. The van der Waals surface area contributed by atoms with Gasteiger partial charge in [-0.3, -0.25) is 0 Å². The Morgan fingerprint density at radius 1 is 1.41 bits per heavy atom. The minimum atomic E-state index is -0.722. The van der Waals surface area contributed by atoms with Crippen molar-refractivity contribution in [1.29, 1.82) is 5.26 Å². The Hall–Kier alpha value is -1.67. The van der Waals surface area contributed by atoms with E-state index >= 15 is 0 Å². The van der Waals surface area contributed by atoms with Gasteiger partial charge in [-0.25, -0.2) is 8.78 Å². The van der Waals surface area contributed by atoms with Crippen molar-refractivity contribution in [2.24, 2.45) is 5.92 Å². The quantitative estimate of drug-likeness (QED) is 0.852. The first kappa shape index (κ1) is 11.8. The molecule has 1 atom stereocenters. The molecule has 0 saturated carbocycles. The van der Waals surface area contributed by atoms with Gasteiger partial charge in [0.15, 0.2) is 11.6 Å². The molecule has 1 fully saturated rings.